The molecule has 0 spiro atoms. The zero-order valence-corrected chi connectivity index (χ0v) is 10.3. The molecule has 0 saturated carbocycles. The third kappa shape index (κ3) is 3.83. The molecule has 0 radical (unpaired) electrons. The molecular formula is C13H21NO2. The predicted molar refractivity (Wildman–Crippen MR) is 65.8 cm³/mol. The van der Waals surface area contributed by atoms with Crippen LogP contribution in [0.4, 0.5) is 0 Å². The van der Waals surface area contributed by atoms with Crippen molar-refractivity contribution in [3.63, 3.8) is 0 Å². The van der Waals surface area contributed by atoms with Gasteiger partial charge in [-0.05, 0) is 32.9 Å². The van der Waals surface area contributed by atoms with Crippen molar-refractivity contribution >= 4 is 0 Å². The van der Waals surface area contributed by atoms with Crippen LogP contribution in [0.1, 0.15) is 30.5 Å². The highest BCUT2D eigenvalue weighted by Crippen LogP contribution is 2.24. The lowest BCUT2D eigenvalue weighted by Crippen LogP contribution is -2.21. The molecule has 0 aliphatic heterocycles. The highest BCUT2D eigenvalue weighted by molar-refractivity contribution is 5.37. The first-order valence-corrected chi connectivity index (χ1v) is 5.67. The van der Waals surface area contributed by atoms with Crippen LogP contribution < -0.4 is 5.32 Å². The zero-order chi connectivity index (χ0) is 12.0. The Labute approximate surface area is 97.4 Å². The van der Waals surface area contributed by atoms with E-state index in [0.29, 0.717) is 5.75 Å². The normalized spacial score (nSPS) is 12.7. The van der Waals surface area contributed by atoms with Crippen LogP contribution in [0, 0.1) is 6.92 Å². The molecule has 0 amide bonds. The first-order chi connectivity index (χ1) is 7.65. The maximum atomic E-state index is 9.74. The third-order valence-electron chi connectivity index (χ3n) is 2.63. The van der Waals surface area contributed by atoms with E-state index in [2.05, 4.69) is 12.2 Å². The van der Waals surface area contributed by atoms with Crippen molar-refractivity contribution in [1.82, 2.24) is 5.32 Å². The average Bonchev–Trinajstić information content (AvgIpc) is 2.27. The molecule has 1 rings (SSSR count). The van der Waals surface area contributed by atoms with Gasteiger partial charge in [-0.1, -0.05) is 17.7 Å². The highest BCUT2D eigenvalue weighted by atomic mass is 16.5. The number of rotatable bonds is 6. The van der Waals surface area contributed by atoms with Gasteiger partial charge >= 0.3 is 0 Å². The number of aryl methyl sites for hydroxylation is 1. The van der Waals surface area contributed by atoms with Crippen LogP contribution >= 0.6 is 0 Å². The molecule has 1 aromatic carbocycles. The van der Waals surface area contributed by atoms with Gasteiger partial charge in [0.1, 0.15) is 5.75 Å². The van der Waals surface area contributed by atoms with E-state index in [1.165, 1.54) is 5.56 Å². The smallest absolute Gasteiger partial charge is 0.120 e. The van der Waals surface area contributed by atoms with Crippen molar-refractivity contribution < 1.29 is 9.84 Å². The largest absolute Gasteiger partial charge is 0.508 e. The van der Waals surface area contributed by atoms with Gasteiger partial charge in [0.25, 0.3) is 0 Å². The molecule has 1 aromatic rings. The Morgan fingerprint density at radius 1 is 1.44 bits per heavy atom. The van der Waals surface area contributed by atoms with Crippen molar-refractivity contribution in [2.24, 2.45) is 0 Å². The summed E-state index contributed by atoms with van der Waals surface area (Å²) in [6.07, 6.45) is 0.980. The molecule has 90 valence electrons. The quantitative estimate of drug-likeness (QED) is 0.728. The average molecular weight is 223 g/mol. The lowest BCUT2D eigenvalue weighted by atomic mass is 10.0. The highest BCUT2D eigenvalue weighted by Gasteiger charge is 2.09. The van der Waals surface area contributed by atoms with Crippen molar-refractivity contribution in [2.75, 3.05) is 20.3 Å². The second kappa shape index (κ2) is 6.51. The van der Waals surface area contributed by atoms with Gasteiger partial charge in [0.2, 0.25) is 0 Å². The topological polar surface area (TPSA) is 41.5 Å². The van der Waals surface area contributed by atoms with Crippen molar-refractivity contribution in [3.05, 3.63) is 29.3 Å². The van der Waals surface area contributed by atoms with E-state index in [1.807, 2.05) is 19.1 Å². The Morgan fingerprint density at radius 3 is 2.88 bits per heavy atom. The van der Waals surface area contributed by atoms with E-state index in [4.69, 9.17) is 4.74 Å². The second-order valence-electron chi connectivity index (χ2n) is 4.08. The maximum Gasteiger partial charge on any atom is 0.120 e. The number of hydrogen-bond acceptors (Lipinski definition) is 3. The van der Waals surface area contributed by atoms with Gasteiger partial charge in [0.05, 0.1) is 0 Å². The third-order valence-corrected chi connectivity index (χ3v) is 2.63. The van der Waals surface area contributed by atoms with Gasteiger partial charge < -0.3 is 15.2 Å². The van der Waals surface area contributed by atoms with Crippen LogP contribution in [0.25, 0.3) is 0 Å². The minimum absolute atomic E-state index is 0.164. The molecule has 0 aliphatic carbocycles. The molecule has 0 aliphatic rings. The summed E-state index contributed by atoms with van der Waals surface area (Å²) >= 11 is 0. The van der Waals surface area contributed by atoms with Crippen LogP contribution in [0.3, 0.4) is 0 Å². The molecule has 1 atom stereocenters. The lowest BCUT2D eigenvalue weighted by Gasteiger charge is -2.16. The predicted octanol–water partition coefficient (Wildman–Crippen LogP) is 2.39. The number of methoxy groups -OCH3 is 1. The molecule has 0 heterocycles. The molecule has 2 N–H and O–H groups in total. The Hall–Kier alpha value is -1.06. The fourth-order valence-electron chi connectivity index (χ4n) is 1.67. The molecule has 3 heteroatoms. The Bertz CT molecular complexity index is 326. The van der Waals surface area contributed by atoms with E-state index in [9.17, 15) is 5.11 Å². The number of benzene rings is 1. The Balaban J connectivity index is 2.51. The van der Waals surface area contributed by atoms with Crippen LogP contribution in [0.5, 0.6) is 5.75 Å². The summed E-state index contributed by atoms with van der Waals surface area (Å²) in [6.45, 7) is 5.74. The first kappa shape index (κ1) is 13.0. The van der Waals surface area contributed by atoms with E-state index < -0.39 is 0 Å². The van der Waals surface area contributed by atoms with Gasteiger partial charge in [-0.25, -0.2) is 0 Å². The van der Waals surface area contributed by atoms with E-state index in [0.717, 1.165) is 25.1 Å². The summed E-state index contributed by atoms with van der Waals surface area (Å²) in [4.78, 5) is 0. The molecule has 0 fully saturated rings. The van der Waals surface area contributed by atoms with Crippen LogP contribution in [0.15, 0.2) is 18.2 Å². The minimum Gasteiger partial charge on any atom is -0.508 e. The molecule has 0 aromatic heterocycles. The van der Waals surface area contributed by atoms with Crippen LogP contribution in [-0.4, -0.2) is 25.4 Å². The fraction of sp³-hybridized carbons (Fsp3) is 0.538. The SMILES string of the molecule is COCCCNC(C)c1cc(C)ccc1O. The number of nitrogens with one attached hydrogen (secondary N) is 1. The number of aromatic hydroxyl groups is 1. The summed E-state index contributed by atoms with van der Waals surface area (Å²) in [5, 5.41) is 13.1. The minimum atomic E-state index is 0.164. The summed E-state index contributed by atoms with van der Waals surface area (Å²) in [5.74, 6) is 0.359. The van der Waals surface area contributed by atoms with Gasteiger partial charge in [-0.15, -0.1) is 0 Å². The molecule has 3 nitrogen and oxygen atoms in total. The summed E-state index contributed by atoms with van der Waals surface area (Å²) < 4.78 is 4.98. The van der Waals surface area contributed by atoms with E-state index in [1.54, 1.807) is 13.2 Å². The fourth-order valence-corrected chi connectivity index (χ4v) is 1.67. The van der Waals surface area contributed by atoms with E-state index >= 15 is 0 Å². The van der Waals surface area contributed by atoms with Crippen molar-refractivity contribution in [2.45, 2.75) is 26.3 Å². The number of ether oxygens (including phenoxy) is 1. The van der Waals surface area contributed by atoms with Crippen LogP contribution in [0.2, 0.25) is 0 Å². The zero-order valence-electron chi connectivity index (χ0n) is 10.3. The summed E-state index contributed by atoms with van der Waals surface area (Å²) in [5.41, 5.74) is 2.12. The first-order valence-electron chi connectivity index (χ1n) is 5.67. The monoisotopic (exact) mass is 223 g/mol. The van der Waals surface area contributed by atoms with Gasteiger partial charge in [-0.3, -0.25) is 0 Å². The van der Waals surface area contributed by atoms with Crippen molar-refractivity contribution in [3.8, 4) is 5.75 Å². The Morgan fingerprint density at radius 2 is 2.19 bits per heavy atom. The summed E-state index contributed by atoms with van der Waals surface area (Å²) in [7, 11) is 1.70. The number of phenolic OH excluding ortho intramolecular Hbond substituents is 1. The molecule has 0 saturated heterocycles. The maximum absolute atomic E-state index is 9.74. The Kier molecular flexibility index (Phi) is 5.29. The molecule has 1 unspecified atom stereocenters. The van der Waals surface area contributed by atoms with Gasteiger partial charge in [0, 0.05) is 25.3 Å². The lowest BCUT2D eigenvalue weighted by molar-refractivity contribution is 0.193. The van der Waals surface area contributed by atoms with Crippen LogP contribution in [-0.2, 0) is 4.74 Å². The van der Waals surface area contributed by atoms with Gasteiger partial charge in [0.15, 0.2) is 0 Å². The standard InChI is InChI=1S/C13H21NO2/c1-10-5-6-13(15)12(9-10)11(2)14-7-4-8-16-3/h5-6,9,11,14-15H,4,7-8H2,1-3H3. The molecular weight excluding hydrogens is 202 g/mol. The van der Waals surface area contributed by atoms with E-state index in [-0.39, 0.29) is 6.04 Å². The number of hydrogen-bond donors (Lipinski definition) is 2. The molecule has 16 heavy (non-hydrogen) atoms. The second-order valence-corrected chi connectivity index (χ2v) is 4.08. The molecule has 0 bridgehead atoms. The van der Waals surface area contributed by atoms with Gasteiger partial charge in [-0.2, -0.15) is 0 Å². The number of phenols is 1. The van der Waals surface area contributed by atoms with Crippen molar-refractivity contribution in [1.29, 1.82) is 0 Å². The summed E-state index contributed by atoms with van der Waals surface area (Å²) in [6, 6.07) is 5.84.